The van der Waals surface area contributed by atoms with Gasteiger partial charge in [-0.3, -0.25) is 9.78 Å². The van der Waals surface area contributed by atoms with Gasteiger partial charge < -0.3 is 20.1 Å². The Bertz CT molecular complexity index is 1250. The highest BCUT2D eigenvalue weighted by Crippen LogP contribution is 2.56. The molecule has 3 heterocycles. The summed E-state index contributed by atoms with van der Waals surface area (Å²) in [5.74, 6) is 0.922. The van der Waals surface area contributed by atoms with E-state index in [2.05, 4.69) is 15.3 Å². The van der Waals surface area contributed by atoms with Crippen molar-refractivity contribution in [3.63, 3.8) is 0 Å². The molecule has 1 aliphatic heterocycles. The summed E-state index contributed by atoms with van der Waals surface area (Å²) in [6.07, 6.45) is 6.16. The standard InChI is InChI=1S/C30H37F3N4O3/c1-40-26-5-4-21(16-35-26)29(39)10-6-23(7-11-29)36-24-14-20-3-2-9-28(20,15-24)27(38)37-12-8-25-19(18-37)13-22(17-34-25)30(31,32)33/h4-5,13,16-17,20,23-24,36,39H,2-3,6-12,14-15,18H2,1H3/t20-,23-,24-,28-,29+/m1/s1. The third kappa shape index (κ3) is 4.98. The number of carbonyl (C=O) groups excluding carboxylic acids is 1. The molecular formula is C30H37F3N4O3. The molecule has 216 valence electrons. The van der Waals surface area contributed by atoms with Crippen LogP contribution in [-0.2, 0) is 29.5 Å². The van der Waals surface area contributed by atoms with Gasteiger partial charge in [-0.05, 0) is 75.0 Å². The lowest BCUT2D eigenvalue weighted by Gasteiger charge is -2.38. The summed E-state index contributed by atoms with van der Waals surface area (Å²) in [6, 6.07) is 5.32. The average molecular weight is 559 g/mol. The first kappa shape index (κ1) is 27.4. The van der Waals surface area contributed by atoms with Gasteiger partial charge in [0.2, 0.25) is 11.8 Å². The minimum absolute atomic E-state index is 0.104. The van der Waals surface area contributed by atoms with Crippen LogP contribution in [0, 0.1) is 11.3 Å². The van der Waals surface area contributed by atoms with Gasteiger partial charge in [0.25, 0.3) is 0 Å². The highest BCUT2D eigenvalue weighted by molar-refractivity contribution is 5.84. The molecule has 0 bridgehead atoms. The lowest BCUT2D eigenvalue weighted by Crippen LogP contribution is -2.47. The lowest BCUT2D eigenvalue weighted by molar-refractivity contribution is -0.144. The van der Waals surface area contributed by atoms with E-state index in [0.717, 1.165) is 62.8 Å². The molecule has 3 aliphatic carbocycles. The third-order valence-electron chi connectivity index (χ3n) is 9.98. The number of methoxy groups -OCH3 is 1. The molecule has 6 rings (SSSR count). The number of fused-ring (bicyclic) bond motifs is 2. The van der Waals surface area contributed by atoms with Crippen LogP contribution in [0.25, 0.3) is 0 Å². The van der Waals surface area contributed by atoms with Gasteiger partial charge >= 0.3 is 6.18 Å². The smallest absolute Gasteiger partial charge is 0.417 e. The van der Waals surface area contributed by atoms with Crippen molar-refractivity contribution < 1.29 is 27.8 Å². The average Bonchev–Trinajstić information content (AvgIpc) is 3.51. The molecule has 0 spiro atoms. The Balaban J connectivity index is 1.09. The van der Waals surface area contributed by atoms with Crippen molar-refractivity contribution >= 4 is 5.91 Å². The van der Waals surface area contributed by atoms with Gasteiger partial charge in [-0.2, -0.15) is 13.2 Å². The van der Waals surface area contributed by atoms with Crippen LogP contribution in [0.15, 0.2) is 30.6 Å². The van der Waals surface area contributed by atoms with Crippen molar-refractivity contribution in [1.29, 1.82) is 0 Å². The second kappa shape index (κ2) is 10.3. The Labute approximate surface area is 232 Å². The molecule has 2 aromatic rings. The van der Waals surface area contributed by atoms with Crippen LogP contribution < -0.4 is 10.1 Å². The fraction of sp³-hybridized carbons (Fsp3) is 0.633. The highest BCUT2D eigenvalue weighted by Gasteiger charge is 2.56. The van der Waals surface area contributed by atoms with Crippen LogP contribution >= 0.6 is 0 Å². The number of hydrogen-bond donors (Lipinski definition) is 2. The molecule has 0 aromatic carbocycles. The number of alkyl halides is 3. The zero-order valence-electron chi connectivity index (χ0n) is 22.8. The first-order valence-corrected chi connectivity index (χ1v) is 14.4. The molecule has 3 atom stereocenters. The number of aliphatic hydroxyl groups is 1. The molecule has 2 N–H and O–H groups in total. The fourth-order valence-corrected chi connectivity index (χ4v) is 7.85. The third-order valence-corrected chi connectivity index (χ3v) is 9.98. The molecule has 1 amide bonds. The van der Waals surface area contributed by atoms with Crippen molar-refractivity contribution in [2.75, 3.05) is 13.7 Å². The van der Waals surface area contributed by atoms with Crippen LogP contribution in [0.5, 0.6) is 5.88 Å². The zero-order valence-corrected chi connectivity index (χ0v) is 22.8. The topological polar surface area (TPSA) is 87.6 Å². The van der Waals surface area contributed by atoms with E-state index in [1.165, 1.54) is 0 Å². The Morgan fingerprint density at radius 3 is 2.62 bits per heavy atom. The van der Waals surface area contributed by atoms with Gasteiger partial charge in [0, 0.05) is 61.3 Å². The summed E-state index contributed by atoms with van der Waals surface area (Å²) in [6.45, 7) is 0.692. The van der Waals surface area contributed by atoms with E-state index in [9.17, 15) is 23.1 Å². The number of nitrogens with one attached hydrogen (secondary N) is 1. The summed E-state index contributed by atoms with van der Waals surface area (Å²) in [4.78, 5) is 24.1. The largest absolute Gasteiger partial charge is 0.481 e. The Morgan fingerprint density at radius 2 is 1.93 bits per heavy atom. The molecule has 3 fully saturated rings. The number of pyridine rings is 2. The Kier molecular flexibility index (Phi) is 7.05. The first-order valence-electron chi connectivity index (χ1n) is 14.4. The summed E-state index contributed by atoms with van der Waals surface area (Å²) in [7, 11) is 1.57. The number of amides is 1. The number of carbonyl (C=O) groups is 1. The molecule has 3 saturated carbocycles. The predicted molar refractivity (Wildman–Crippen MR) is 141 cm³/mol. The van der Waals surface area contributed by atoms with Gasteiger partial charge in [0.05, 0.1) is 23.7 Å². The monoisotopic (exact) mass is 558 g/mol. The molecule has 2 aromatic heterocycles. The van der Waals surface area contributed by atoms with E-state index in [-0.39, 0.29) is 24.5 Å². The second-order valence-corrected chi connectivity index (χ2v) is 12.2. The van der Waals surface area contributed by atoms with E-state index in [0.29, 0.717) is 48.9 Å². The molecule has 0 unspecified atom stereocenters. The van der Waals surface area contributed by atoms with Crippen LogP contribution in [0.2, 0.25) is 0 Å². The molecular weight excluding hydrogens is 521 g/mol. The molecule has 0 radical (unpaired) electrons. The van der Waals surface area contributed by atoms with Gasteiger partial charge in [-0.25, -0.2) is 4.98 Å². The molecule has 7 nitrogen and oxygen atoms in total. The summed E-state index contributed by atoms with van der Waals surface area (Å²) >= 11 is 0. The number of ether oxygens (including phenoxy) is 1. The summed E-state index contributed by atoms with van der Waals surface area (Å²) in [5, 5.41) is 15.1. The quantitative estimate of drug-likeness (QED) is 0.551. The zero-order chi connectivity index (χ0) is 28.1. The number of nitrogens with zero attached hydrogens (tertiary/aromatic N) is 3. The van der Waals surface area contributed by atoms with Gasteiger partial charge in [-0.1, -0.05) is 6.42 Å². The van der Waals surface area contributed by atoms with Crippen molar-refractivity contribution in [3.8, 4) is 5.88 Å². The van der Waals surface area contributed by atoms with E-state index < -0.39 is 22.8 Å². The van der Waals surface area contributed by atoms with Gasteiger partial charge in [0.1, 0.15) is 0 Å². The van der Waals surface area contributed by atoms with Crippen LogP contribution in [0.4, 0.5) is 13.2 Å². The Morgan fingerprint density at radius 1 is 1.12 bits per heavy atom. The van der Waals surface area contributed by atoms with Gasteiger partial charge in [0.15, 0.2) is 0 Å². The van der Waals surface area contributed by atoms with Gasteiger partial charge in [-0.15, -0.1) is 0 Å². The van der Waals surface area contributed by atoms with E-state index >= 15 is 0 Å². The maximum Gasteiger partial charge on any atom is 0.417 e. The minimum Gasteiger partial charge on any atom is -0.481 e. The number of rotatable bonds is 5. The molecule has 4 aliphatic rings. The summed E-state index contributed by atoms with van der Waals surface area (Å²) in [5.41, 5.74) is -0.112. The SMILES string of the molecule is COc1ccc([C@]2(O)CC[C@@H](N[C@@H]3C[C@H]4CCC[C@@]4(C(=O)N4CCc5ncc(C(F)(F)F)cc5C4)C3)CC2)cn1. The summed E-state index contributed by atoms with van der Waals surface area (Å²) < 4.78 is 45.0. The van der Waals surface area contributed by atoms with E-state index in [1.807, 2.05) is 6.07 Å². The Hall–Kier alpha value is -2.72. The fourth-order valence-electron chi connectivity index (χ4n) is 7.85. The molecule has 0 saturated heterocycles. The lowest BCUT2D eigenvalue weighted by atomic mass is 9.77. The molecule has 10 heteroatoms. The highest BCUT2D eigenvalue weighted by atomic mass is 19.4. The number of halogens is 3. The normalized spacial score (nSPS) is 32.0. The van der Waals surface area contributed by atoms with Crippen LogP contribution in [0.1, 0.15) is 80.2 Å². The van der Waals surface area contributed by atoms with E-state index in [1.54, 1.807) is 24.3 Å². The maximum atomic E-state index is 14.0. The molecule has 40 heavy (non-hydrogen) atoms. The number of aromatic nitrogens is 2. The van der Waals surface area contributed by atoms with Crippen LogP contribution in [0.3, 0.4) is 0 Å². The minimum atomic E-state index is -4.45. The van der Waals surface area contributed by atoms with Crippen molar-refractivity contribution in [3.05, 3.63) is 53.0 Å². The van der Waals surface area contributed by atoms with Crippen molar-refractivity contribution in [1.82, 2.24) is 20.2 Å². The first-order chi connectivity index (χ1) is 19.1. The van der Waals surface area contributed by atoms with Crippen molar-refractivity contribution in [2.45, 2.75) is 94.6 Å². The maximum absolute atomic E-state index is 14.0. The van der Waals surface area contributed by atoms with Crippen molar-refractivity contribution in [2.24, 2.45) is 11.3 Å². The van der Waals surface area contributed by atoms with Crippen LogP contribution in [-0.4, -0.2) is 51.6 Å². The second-order valence-electron chi connectivity index (χ2n) is 12.2. The van der Waals surface area contributed by atoms with E-state index in [4.69, 9.17) is 4.74 Å². The number of hydrogen-bond acceptors (Lipinski definition) is 6. The predicted octanol–water partition coefficient (Wildman–Crippen LogP) is 4.76.